The van der Waals surface area contributed by atoms with Gasteiger partial charge in [0.1, 0.15) is 0 Å². The van der Waals surface area contributed by atoms with Crippen LogP contribution in [0.5, 0.6) is 0 Å². The van der Waals surface area contributed by atoms with E-state index in [4.69, 9.17) is 0 Å². The molecule has 2 nitrogen and oxygen atoms in total. The SMILES string of the molecule is CCCCC(NCC1(O)CCCC(C)C1)c1ccccc1. The number of rotatable bonds is 7. The van der Waals surface area contributed by atoms with Crippen molar-refractivity contribution in [1.82, 2.24) is 5.32 Å². The Bertz CT molecular complexity index is 405. The quantitative estimate of drug-likeness (QED) is 0.777. The van der Waals surface area contributed by atoms with Gasteiger partial charge in [-0.25, -0.2) is 0 Å². The van der Waals surface area contributed by atoms with Crippen molar-refractivity contribution < 1.29 is 5.11 Å². The number of hydrogen-bond acceptors (Lipinski definition) is 2. The fourth-order valence-corrected chi connectivity index (χ4v) is 3.59. The first-order valence-electron chi connectivity index (χ1n) is 8.64. The molecule has 21 heavy (non-hydrogen) atoms. The molecule has 1 aromatic carbocycles. The Labute approximate surface area is 130 Å². The average Bonchev–Trinajstić information content (AvgIpc) is 2.48. The molecule has 2 rings (SSSR count). The molecular formula is C19H31NO. The zero-order valence-corrected chi connectivity index (χ0v) is 13.6. The molecule has 1 aromatic rings. The van der Waals surface area contributed by atoms with Crippen LogP contribution in [-0.2, 0) is 0 Å². The molecule has 2 N–H and O–H groups in total. The van der Waals surface area contributed by atoms with Gasteiger partial charge in [-0.3, -0.25) is 0 Å². The fourth-order valence-electron chi connectivity index (χ4n) is 3.59. The minimum Gasteiger partial charge on any atom is -0.389 e. The smallest absolute Gasteiger partial charge is 0.0774 e. The van der Waals surface area contributed by atoms with Gasteiger partial charge in [0.25, 0.3) is 0 Å². The molecule has 1 aliphatic rings. The minimum absolute atomic E-state index is 0.368. The fraction of sp³-hybridized carbons (Fsp3) is 0.684. The maximum atomic E-state index is 10.8. The molecule has 2 heteroatoms. The van der Waals surface area contributed by atoms with Crippen LogP contribution < -0.4 is 5.32 Å². The summed E-state index contributed by atoms with van der Waals surface area (Å²) in [5.41, 5.74) is 0.843. The van der Waals surface area contributed by atoms with Crippen molar-refractivity contribution in [3.63, 3.8) is 0 Å². The van der Waals surface area contributed by atoms with Crippen molar-refractivity contribution in [3.05, 3.63) is 35.9 Å². The second-order valence-electron chi connectivity index (χ2n) is 6.91. The average molecular weight is 289 g/mol. The summed E-state index contributed by atoms with van der Waals surface area (Å²) < 4.78 is 0. The Kier molecular flexibility index (Phi) is 6.25. The summed E-state index contributed by atoms with van der Waals surface area (Å²) in [5, 5.41) is 14.5. The molecule has 0 radical (unpaired) electrons. The number of nitrogens with one attached hydrogen (secondary N) is 1. The van der Waals surface area contributed by atoms with Gasteiger partial charge < -0.3 is 10.4 Å². The van der Waals surface area contributed by atoms with Gasteiger partial charge in [0.05, 0.1) is 5.60 Å². The van der Waals surface area contributed by atoms with E-state index in [1.165, 1.54) is 24.8 Å². The first-order valence-corrected chi connectivity index (χ1v) is 8.64. The summed E-state index contributed by atoms with van der Waals surface area (Å²) in [4.78, 5) is 0. The molecule has 0 spiro atoms. The number of hydrogen-bond donors (Lipinski definition) is 2. The van der Waals surface area contributed by atoms with Crippen LogP contribution in [0.4, 0.5) is 0 Å². The number of aliphatic hydroxyl groups is 1. The first kappa shape index (κ1) is 16.5. The zero-order valence-electron chi connectivity index (χ0n) is 13.6. The molecular weight excluding hydrogens is 258 g/mol. The highest BCUT2D eigenvalue weighted by Crippen LogP contribution is 2.32. The largest absolute Gasteiger partial charge is 0.389 e. The predicted molar refractivity (Wildman–Crippen MR) is 89.3 cm³/mol. The van der Waals surface area contributed by atoms with Gasteiger partial charge in [-0.2, -0.15) is 0 Å². The van der Waals surface area contributed by atoms with E-state index in [1.54, 1.807) is 0 Å². The minimum atomic E-state index is -0.503. The summed E-state index contributed by atoms with van der Waals surface area (Å²) in [7, 11) is 0. The highest BCUT2D eigenvalue weighted by Gasteiger charge is 2.32. The highest BCUT2D eigenvalue weighted by atomic mass is 16.3. The van der Waals surface area contributed by atoms with Crippen molar-refractivity contribution in [1.29, 1.82) is 0 Å². The van der Waals surface area contributed by atoms with Crippen molar-refractivity contribution in [3.8, 4) is 0 Å². The zero-order chi connectivity index (χ0) is 15.1. The van der Waals surface area contributed by atoms with Crippen LogP contribution in [0.2, 0.25) is 0 Å². The molecule has 0 amide bonds. The predicted octanol–water partition coefficient (Wildman–Crippen LogP) is 4.45. The summed E-state index contributed by atoms with van der Waals surface area (Å²) in [6, 6.07) is 11.0. The van der Waals surface area contributed by atoms with Crippen LogP contribution >= 0.6 is 0 Å². The maximum Gasteiger partial charge on any atom is 0.0774 e. The van der Waals surface area contributed by atoms with E-state index in [2.05, 4.69) is 49.5 Å². The Morgan fingerprint density at radius 1 is 1.33 bits per heavy atom. The van der Waals surface area contributed by atoms with Crippen LogP contribution in [0.25, 0.3) is 0 Å². The molecule has 0 aliphatic heterocycles. The second-order valence-corrected chi connectivity index (χ2v) is 6.91. The van der Waals surface area contributed by atoms with Crippen molar-refractivity contribution in [2.75, 3.05) is 6.54 Å². The van der Waals surface area contributed by atoms with E-state index < -0.39 is 5.60 Å². The van der Waals surface area contributed by atoms with E-state index in [0.717, 1.165) is 32.2 Å². The van der Waals surface area contributed by atoms with E-state index in [-0.39, 0.29) is 0 Å². The third-order valence-electron chi connectivity index (χ3n) is 4.79. The first-order chi connectivity index (χ1) is 10.1. The van der Waals surface area contributed by atoms with Crippen molar-refractivity contribution in [2.24, 2.45) is 5.92 Å². The van der Waals surface area contributed by atoms with Crippen molar-refractivity contribution in [2.45, 2.75) is 70.4 Å². The van der Waals surface area contributed by atoms with Crippen LogP contribution in [0.15, 0.2) is 30.3 Å². The van der Waals surface area contributed by atoms with E-state index in [9.17, 15) is 5.11 Å². The molecule has 118 valence electrons. The Morgan fingerprint density at radius 3 is 2.76 bits per heavy atom. The summed E-state index contributed by atoms with van der Waals surface area (Å²) in [6.07, 6.45) is 7.89. The standard InChI is InChI=1S/C19H31NO/c1-3-4-12-18(17-10-6-5-7-11-17)20-15-19(21)13-8-9-16(2)14-19/h5-7,10-11,16,18,20-21H,3-4,8-9,12-15H2,1-2H3. The van der Waals surface area contributed by atoms with E-state index in [1.807, 2.05) is 0 Å². The van der Waals surface area contributed by atoms with Crippen molar-refractivity contribution >= 4 is 0 Å². The monoisotopic (exact) mass is 289 g/mol. The third kappa shape index (κ3) is 5.12. The van der Waals surface area contributed by atoms with Crippen LogP contribution in [0.1, 0.15) is 70.4 Å². The van der Waals surface area contributed by atoms with Gasteiger partial charge in [-0.1, -0.05) is 69.9 Å². The number of benzene rings is 1. The Morgan fingerprint density at radius 2 is 2.10 bits per heavy atom. The molecule has 0 bridgehead atoms. The molecule has 0 heterocycles. The molecule has 0 saturated heterocycles. The molecule has 0 aromatic heterocycles. The third-order valence-corrected chi connectivity index (χ3v) is 4.79. The number of unbranched alkanes of at least 4 members (excludes halogenated alkanes) is 1. The Hall–Kier alpha value is -0.860. The summed E-state index contributed by atoms with van der Waals surface area (Å²) in [5.74, 6) is 0.649. The molecule has 3 atom stereocenters. The second kappa shape index (κ2) is 7.95. The van der Waals surface area contributed by atoms with Crippen LogP contribution in [0, 0.1) is 5.92 Å². The summed E-state index contributed by atoms with van der Waals surface area (Å²) in [6.45, 7) is 5.22. The van der Waals surface area contributed by atoms with Gasteiger partial charge in [0.15, 0.2) is 0 Å². The van der Waals surface area contributed by atoms with Gasteiger partial charge in [0, 0.05) is 12.6 Å². The van der Waals surface area contributed by atoms with Gasteiger partial charge in [-0.05, 0) is 30.7 Å². The Balaban J connectivity index is 1.95. The molecule has 1 fully saturated rings. The van der Waals surface area contributed by atoms with Crippen LogP contribution in [0.3, 0.4) is 0 Å². The molecule has 1 aliphatic carbocycles. The lowest BCUT2D eigenvalue weighted by Gasteiger charge is -2.37. The topological polar surface area (TPSA) is 32.3 Å². The lowest BCUT2D eigenvalue weighted by molar-refractivity contribution is -0.0140. The van der Waals surface area contributed by atoms with Gasteiger partial charge in [-0.15, -0.1) is 0 Å². The molecule has 1 saturated carbocycles. The van der Waals surface area contributed by atoms with Crippen LogP contribution in [-0.4, -0.2) is 17.3 Å². The lowest BCUT2D eigenvalue weighted by Crippen LogP contribution is -2.45. The normalized spacial score (nSPS) is 27.5. The lowest BCUT2D eigenvalue weighted by atomic mass is 9.78. The van der Waals surface area contributed by atoms with Gasteiger partial charge >= 0.3 is 0 Å². The highest BCUT2D eigenvalue weighted by molar-refractivity contribution is 5.19. The molecule has 3 unspecified atom stereocenters. The van der Waals surface area contributed by atoms with E-state index >= 15 is 0 Å². The van der Waals surface area contributed by atoms with Gasteiger partial charge in [0.2, 0.25) is 0 Å². The van der Waals surface area contributed by atoms with E-state index in [0.29, 0.717) is 12.0 Å². The summed E-state index contributed by atoms with van der Waals surface area (Å²) >= 11 is 0. The maximum absolute atomic E-state index is 10.8.